The molecule has 17 heavy (non-hydrogen) atoms. The van der Waals surface area contributed by atoms with Crippen LogP contribution in [0.3, 0.4) is 0 Å². The molecule has 0 heterocycles. The third kappa shape index (κ3) is 31.3. The summed E-state index contributed by atoms with van der Waals surface area (Å²) in [5, 5.41) is 19.5. The maximum absolute atomic E-state index is 9.76. The zero-order chi connectivity index (χ0) is 12.8. The smallest absolute Gasteiger partial charge is 0.550 e. The Hall–Kier alpha value is -0.541. The second-order valence-electron chi connectivity index (χ2n) is 3.66. The fourth-order valence-electron chi connectivity index (χ4n) is 1.04. The molecule has 0 aromatic heterocycles. The van der Waals surface area contributed by atoms with Crippen LogP contribution in [0, 0.1) is 0 Å². The number of carbonyl (C=O) groups excluding carboxylic acids is 2. The van der Waals surface area contributed by atoms with Crippen LogP contribution in [0.5, 0.6) is 0 Å². The summed E-state index contributed by atoms with van der Waals surface area (Å²) in [7, 11) is 0. The van der Waals surface area contributed by atoms with Crippen molar-refractivity contribution in [1.82, 2.24) is 0 Å². The van der Waals surface area contributed by atoms with Crippen molar-refractivity contribution in [2.75, 3.05) is 0 Å². The molecule has 1 radical (unpaired) electrons. The molecule has 0 aromatic rings. The van der Waals surface area contributed by atoms with E-state index in [-0.39, 0.29) is 29.9 Å². The largest absolute Gasteiger partial charge is 2.00 e. The molecular formula is C12H22MnO4. The van der Waals surface area contributed by atoms with Gasteiger partial charge >= 0.3 is 17.1 Å². The molecule has 0 unspecified atom stereocenters. The topological polar surface area (TPSA) is 80.3 Å². The van der Waals surface area contributed by atoms with Crippen LogP contribution in [-0.2, 0) is 26.7 Å². The molecule has 0 aromatic carbocycles. The first-order valence-corrected chi connectivity index (χ1v) is 5.94. The number of carboxylic acids is 2. The minimum Gasteiger partial charge on any atom is -0.550 e. The number of hydrogen-bond acceptors (Lipinski definition) is 4. The van der Waals surface area contributed by atoms with Crippen LogP contribution in [0.1, 0.15) is 65.2 Å². The second-order valence-corrected chi connectivity index (χ2v) is 3.66. The summed E-state index contributed by atoms with van der Waals surface area (Å²) in [5.41, 5.74) is 0. The number of carboxylic acid groups (broad SMARTS) is 2. The number of hydrogen-bond donors (Lipinski definition) is 0. The van der Waals surface area contributed by atoms with E-state index in [9.17, 15) is 19.8 Å². The summed E-state index contributed by atoms with van der Waals surface area (Å²) in [5.74, 6) is -1.86. The van der Waals surface area contributed by atoms with Crippen LogP contribution < -0.4 is 10.2 Å². The quantitative estimate of drug-likeness (QED) is 0.484. The molecule has 0 aliphatic rings. The molecule has 0 N–H and O–H groups in total. The van der Waals surface area contributed by atoms with E-state index in [1.54, 1.807) is 0 Å². The van der Waals surface area contributed by atoms with Crippen LogP contribution in [0.2, 0.25) is 0 Å². The molecule has 0 aliphatic heterocycles. The third-order valence-electron chi connectivity index (χ3n) is 1.97. The van der Waals surface area contributed by atoms with Crippen LogP contribution in [0.15, 0.2) is 0 Å². The Morgan fingerprint density at radius 3 is 1.24 bits per heavy atom. The van der Waals surface area contributed by atoms with E-state index in [2.05, 4.69) is 0 Å². The Balaban J connectivity index is -0.000000218. The molecule has 4 nitrogen and oxygen atoms in total. The van der Waals surface area contributed by atoms with Gasteiger partial charge in [0.15, 0.2) is 0 Å². The predicted molar refractivity (Wildman–Crippen MR) is 58.3 cm³/mol. The Morgan fingerprint density at radius 2 is 1.06 bits per heavy atom. The molecule has 0 amide bonds. The average molecular weight is 285 g/mol. The zero-order valence-corrected chi connectivity index (χ0v) is 11.8. The number of unbranched alkanes of at least 4 members (excludes halogenated alkanes) is 4. The molecule has 0 rings (SSSR count). The van der Waals surface area contributed by atoms with Crippen molar-refractivity contribution >= 4 is 11.9 Å². The number of carbonyl (C=O) groups is 2. The molecule has 5 heteroatoms. The van der Waals surface area contributed by atoms with E-state index >= 15 is 0 Å². The third-order valence-corrected chi connectivity index (χ3v) is 1.97. The molecule has 0 atom stereocenters. The van der Waals surface area contributed by atoms with E-state index in [4.69, 9.17) is 0 Å². The van der Waals surface area contributed by atoms with E-state index in [0.717, 1.165) is 38.5 Å². The SMILES string of the molecule is CCCCCC(=O)[O-].CCCCCC(=O)[O-].[Mn+2]. The monoisotopic (exact) mass is 285 g/mol. The molecule has 0 spiro atoms. The summed E-state index contributed by atoms with van der Waals surface area (Å²) in [6, 6.07) is 0. The predicted octanol–water partition coefficient (Wildman–Crippen LogP) is 0.631. The van der Waals surface area contributed by atoms with Gasteiger partial charge in [-0.15, -0.1) is 0 Å². The fourth-order valence-corrected chi connectivity index (χ4v) is 1.04. The molecule has 0 saturated heterocycles. The molecule has 0 bridgehead atoms. The van der Waals surface area contributed by atoms with Crippen LogP contribution in [-0.4, -0.2) is 11.9 Å². The first kappa shape index (κ1) is 21.7. The standard InChI is InChI=1S/2C6H12O2.Mn/c2*1-2-3-4-5-6(7)8;/h2*2-5H2,1H3,(H,7,8);/q;;+2/p-2. The molecule has 0 fully saturated rings. The van der Waals surface area contributed by atoms with Crippen molar-refractivity contribution in [3.8, 4) is 0 Å². The minimum absolute atomic E-state index is 0. The van der Waals surface area contributed by atoms with Gasteiger partial charge in [0.05, 0.1) is 0 Å². The van der Waals surface area contributed by atoms with Gasteiger partial charge in [0.1, 0.15) is 0 Å². The van der Waals surface area contributed by atoms with Crippen molar-refractivity contribution < 1.29 is 36.9 Å². The summed E-state index contributed by atoms with van der Waals surface area (Å²) in [4.78, 5) is 19.5. The fraction of sp³-hybridized carbons (Fsp3) is 0.833. The Labute approximate surface area is 114 Å². The minimum atomic E-state index is -0.932. The number of aliphatic carboxylic acids is 2. The molecular weight excluding hydrogens is 263 g/mol. The Kier molecular flexibility index (Phi) is 22.8. The van der Waals surface area contributed by atoms with E-state index < -0.39 is 11.9 Å². The van der Waals surface area contributed by atoms with E-state index in [0.29, 0.717) is 0 Å². The van der Waals surface area contributed by atoms with Gasteiger partial charge < -0.3 is 19.8 Å². The molecule has 0 saturated carbocycles. The maximum atomic E-state index is 9.76. The Bertz CT molecular complexity index is 163. The van der Waals surface area contributed by atoms with Gasteiger partial charge in [-0.3, -0.25) is 0 Å². The van der Waals surface area contributed by atoms with Crippen LogP contribution in [0.25, 0.3) is 0 Å². The summed E-state index contributed by atoms with van der Waals surface area (Å²) >= 11 is 0. The second kappa shape index (κ2) is 17.8. The summed E-state index contributed by atoms with van der Waals surface area (Å²) < 4.78 is 0. The first-order valence-electron chi connectivity index (χ1n) is 5.94. The Morgan fingerprint density at radius 1 is 0.765 bits per heavy atom. The van der Waals surface area contributed by atoms with Gasteiger partial charge in [-0.1, -0.05) is 39.5 Å². The van der Waals surface area contributed by atoms with E-state index in [1.165, 1.54) is 0 Å². The van der Waals surface area contributed by atoms with Gasteiger partial charge in [-0.2, -0.15) is 0 Å². The first-order chi connectivity index (χ1) is 7.54. The zero-order valence-electron chi connectivity index (χ0n) is 10.7. The average Bonchev–Trinajstić information content (AvgIpc) is 2.18. The van der Waals surface area contributed by atoms with Crippen LogP contribution >= 0.6 is 0 Å². The van der Waals surface area contributed by atoms with Gasteiger partial charge in [0.25, 0.3) is 0 Å². The van der Waals surface area contributed by atoms with Crippen molar-refractivity contribution in [2.45, 2.75) is 65.2 Å². The van der Waals surface area contributed by atoms with Crippen LogP contribution in [0.4, 0.5) is 0 Å². The van der Waals surface area contributed by atoms with E-state index in [1.807, 2.05) is 13.8 Å². The van der Waals surface area contributed by atoms with Crippen molar-refractivity contribution in [2.24, 2.45) is 0 Å². The summed E-state index contributed by atoms with van der Waals surface area (Å²) in [6.07, 6.45) is 6.07. The maximum Gasteiger partial charge on any atom is 2.00 e. The molecule has 101 valence electrons. The van der Waals surface area contributed by atoms with Gasteiger partial charge in [-0.05, 0) is 25.7 Å². The number of rotatable bonds is 8. The van der Waals surface area contributed by atoms with Crippen molar-refractivity contribution in [3.63, 3.8) is 0 Å². The molecule has 0 aliphatic carbocycles. The van der Waals surface area contributed by atoms with Crippen molar-refractivity contribution in [3.05, 3.63) is 0 Å². The van der Waals surface area contributed by atoms with Crippen molar-refractivity contribution in [1.29, 1.82) is 0 Å². The summed E-state index contributed by atoms with van der Waals surface area (Å²) in [6.45, 7) is 4.07. The van der Waals surface area contributed by atoms with Gasteiger partial charge in [0, 0.05) is 11.9 Å². The van der Waals surface area contributed by atoms with Gasteiger partial charge in [-0.25, -0.2) is 0 Å². The normalized spacial score (nSPS) is 8.59. The van der Waals surface area contributed by atoms with Gasteiger partial charge in [0.2, 0.25) is 0 Å².